The molecule has 0 aliphatic carbocycles. The van der Waals surface area contributed by atoms with Crippen LogP contribution in [0.1, 0.15) is 39.3 Å². The Labute approximate surface area is 110 Å². The molecule has 0 aliphatic heterocycles. The zero-order valence-corrected chi connectivity index (χ0v) is 11.7. The second-order valence-electron chi connectivity index (χ2n) is 4.34. The highest BCUT2D eigenvalue weighted by Gasteiger charge is 2.09. The van der Waals surface area contributed by atoms with E-state index >= 15 is 0 Å². The van der Waals surface area contributed by atoms with Crippen molar-refractivity contribution < 1.29 is 9.47 Å². The van der Waals surface area contributed by atoms with Crippen LogP contribution < -0.4 is 15.2 Å². The minimum absolute atomic E-state index is 0.107. The van der Waals surface area contributed by atoms with Crippen LogP contribution in [0.5, 0.6) is 11.5 Å². The average Bonchev–Trinajstić information content (AvgIpc) is 2.31. The fraction of sp³-hybridized carbons (Fsp3) is 0.467. The van der Waals surface area contributed by atoms with Gasteiger partial charge in [-0.05, 0) is 45.4 Å². The minimum atomic E-state index is -0.107. The Morgan fingerprint density at radius 1 is 1.17 bits per heavy atom. The molecule has 3 heteroatoms. The van der Waals surface area contributed by atoms with Gasteiger partial charge < -0.3 is 15.2 Å². The molecule has 1 atom stereocenters. The molecule has 3 nitrogen and oxygen atoms in total. The van der Waals surface area contributed by atoms with E-state index in [2.05, 4.69) is 0 Å². The van der Waals surface area contributed by atoms with Crippen LogP contribution in [0.3, 0.4) is 0 Å². The summed E-state index contributed by atoms with van der Waals surface area (Å²) in [5.41, 5.74) is 8.35. The van der Waals surface area contributed by atoms with Crippen LogP contribution in [0, 0.1) is 0 Å². The van der Waals surface area contributed by atoms with Gasteiger partial charge in [-0.1, -0.05) is 17.7 Å². The molecule has 0 spiro atoms. The van der Waals surface area contributed by atoms with Crippen LogP contribution in [0.25, 0.3) is 0 Å². The molecule has 100 valence electrons. The fourth-order valence-electron chi connectivity index (χ4n) is 1.73. The van der Waals surface area contributed by atoms with Crippen LogP contribution in [0.15, 0.2) is 29.8 Å². The van der Waals surface area contributed by atoms with E-state index in [4.69, 9.17) is 15.2 Å². The Hall–Kier alpha value is -1.48. The van der Waals surface area contributed by atoms with E-state index in [9.17, 15) is 0 Å². The molecule has 0 aromatic heterocycles. The van der Waals surface area contributed by atoms with E-state index in [0.29, 0.717) is 13.2 Å². The van der Waals surface area contributed by atoms with E-state index < -0.39 is 0 Å². The van der Waals surface area contributed by atoms with Crippen molar-refractivity contribution in [2.45, 2.75) is 33.7 Å². The molecule has 2 N–H and O–H groups in total. The molecular weight excluding hydrogens is 226 g/mol. The van der Waals surface area contributed by atoms with E-state index in [1.54, 1.807) is 0 Å². The predicted molar refractivity (Wildman–Crippen MR) is 75.1 cm³/mol. The smallest absolute Gasteiger partial charge is 0.161 e. The quantitative estimate of drug-likeness (QED) is 0.785. The summed E-state index contributed by atoms with van der Waals surface area (Å²) < 4.78 is 11.1. The molecule has 0 saturated carbocycles. The van der Waals surface area contributed by atoms with Gasteiger partial charge in [-0.25, -0.2) is 0 Å². The van der Waals surface area contributed by atoms with Gasteiger partial charge in [0.15, 0.2) is 11.5 Å². The first kappa shape index (κ1) is 14.6. The van der Waals surface area contributed by atoms with Gasteiger partial charge in [-0.3, -0.25) is 0 Å². The van der Waals surface area contributed by atoms with Gasteiger partial charge >= 0.3 is 0 Å². The maximum absolute atomic E-state index is 6.11. The molecule has 0 saturated heterocycles. The molecule has 0 aliphatic rings. The van der Waals surface area contributed by atoms with Crippen LogP contribution in [0.4, 0.5) is 0 Å². The lowest BCUT2D eigenvalue weighted by Gasteiger charge is -2.14. The molecule has 1 aromatic carbocycles. The molecule has 0 heterocycles. The molecule has 1 aromatic rings. The Morgan fingerprint density at radius 3 is 2.33 bits per heavy atom. The van der Waals surface area contributed by atoms with E-state index in [0.717, 1.165) is 17.1 Å². The third-order valence-electron chi connectivity index (χ3n) is 2.47. The molecule has 1 unspecified atom stereocenters. The zero-order chi connectivity index (χ0) is 13.5. The van der Waals surface area contributed by atoms with Crippen molar-refractivity contribution in [3.63, 3.8) is 0 Å². The van der Waals surface area contributed by atoms with Crippen molar-refractivity contribution in [3.05, 3.63) is 35.4 Å². The zero-order valence-electron chi connectivity index (χ0n) is 11.7. The van der Waals surface area contributed by atoms with Crippen LogP contribution in [-0.4, -0.2) is 13.2 Å². The fourth-order valence-corrected chi connectivity index (χ4v) is 1.73. The predicted octanol–water partition coefficient (Wildman–Crippen LogP) is 3.45. The van der Waals surface area contributed by atoms with Crippen LogP contribution in [0.2, 0.25) is 0 Å². The number of hydrogen-bond acceptors (Lipinski definition) is 3. The number of ether oxygens (including phenoxy) is 2. The molecule has 0 fully saturated rings. The number of rotatable bonds is 6. The van der Waals surface area contributed by atoms with Gasteiger partial charge in [0.2, 0.25) is 0 Å². The minimum Gasteiger partial charge on any atom is -0.490 e. The maximum Gasteiger partial charge on any atom is 0.161 e. The van der Waals surface area contributed by atoms with Crippen molar-refractivity contribution in [3.8, 4) is 11.5 Å². The van der Waals surface area contributed by atoms with Crippen molar-refractivity contribution in [1.82, 2.24) is 0 Å². The number of allylic oxidation sites excluding steroid dienone is 1. The summed E-state index contributed by atoms with van der Waals surface area (Å²) in [4.78, 5) is 0. The van der Waals surface area contributed by atoms with Crippen LogP contribution in [-0.2, 0) is 0 Å². The highest BCUT2D eigenvalue weighted by atomic mass is 16.5. The standard InChI is InChI=1S/C15H23NO2/c1-5-17-14-8-7-12(10-15(14)18-6-2)13(16)9-11(3)4/h7-10,13H,5-6,16H2,1-4H3. The Kier molecular flexibility index (Phi) is 5.72. The lowest BCUT2D eigenvalue weighted by Crippen LogP contribution is -2.08. The monoisotopic (exact) mass is 249 g/mol. The van der Waals surface area contributed by atoms with Gasteiger partial charge in [0.25, 0.3) is 0 Å². The Morgan fingerprint density at radius 2 is 1.78 bits per heavy atom. The first-order valence-electron chi connectivity index (χ1n) is 6.38. The number of nitrogens with two attached hydrogens (primary N) is 1. The molecule has 1 rings (SSSR count). The van der Waals surface area contributed by atoms with Crippen molar-refractivity contribution in [2.75, 3.05) is 13.2 Å². The second kappa shape index (κ2) is 7.07. The SMILES string of the molecule is CCOc1ccc(C(N)C=C(C)C)cc1OCC. The average molecular weight is 249 g/mol. The molecule has 18 heavy (non-hydrogen) atoms. The number of hydrogen-bond donors (Lipinski definition) is 1. The third-order valence-corrected chi connectivity index (χ3v) is 2.47. The Bertz CT molecular complexity index is 409. The van der Waals surface area contributed by atoms with Crippen LogP contribution >= 0.6 is 0 Å². The van der Waals surface area contributed by atoms with Crippen molar-refractivity contribution >= 4 is 0 Å². The summed E-state index contributed by atoms with van der Waals surface area (Å²) in [6.45, 7) is 9.23. The normalized spacial score (nSPS) is 11.8. The van der Waals surface area contributed by atoms with Gasteiger partial charge in [-0.2, -0.15) is 0 Å². The molecule has 0 bridgehead atoms. The lowest BCUT2D eigenvalue weighted by atomic mass is 10.0. The largest absolute Gasteiger partial charge is 0.490 e. The summed E-state index contributed by atoms with van der Waals surface area (Å²) in [5, 5.41) is 0. The topological polar surface area (TPSA) is 44.5 Å². The third kappa shape index (κ3) is 4.08. The Balaban J connectivity index is 3.02. The maximum atomic E-state index is 6.11. The molecule has 0 radical (unpaired) electrons. The van der Waals surface area contributed by atoms with E-state index in [1.807, 2.05) is 52.0 Å². The first-order valence-corrected chi connectivity index (χ1v) is 6.38. The van der Waals surface area contributed by atoms with Crippen molar-refractivity contribution in [2.24, 2.45) is 5.73 Å². The highest BCUT2D eigenvalue weighted by molar-refractivity contribution is 5.44. The van der Waals surface area contributed by atoms with Gasteiger partial charge in [0.05, 0.1) is 13.2 Å². The number of benzene rings is 1. The molecular formula is C15H23NO2. The molecule has 0 amide bonds. The first-order chi connectivity index (χ1) is 8.58. The summed E-state index contributed by atoms with van der Waals surface area (Å²) in [5.74, 6) is 1.53. The van der Waals surface area contributed by atoms with Gasteiger partial charge in [-0.15, -0.1) is 0 Å². The van der Waals surface area contributed by atoms with E-state index in [-0.39, 0.29) is 6.04 Å². The summed E-state index contributed by atoms with van der Waals surface area (Å²) >= 11 is 0. The van der Waals surface area contributed by atoms with Gasteiger partial charge in [0.1, 0.15) is 0 Å². The van der Waals surface area contributed by atoms with E-state index in [1.165, 1.54) is 5.57 Å². The lowest BCUT2D eigenvalue weighted by molar-refractivity contribution is 0.287. The summed E-state index contributed by atoms with van der Waals surface area (Å²) in [6, 6.07) is 5.75. The second-order valence-corrected chi connectivity index (χ2v) is 4.34. The summed E-state index contributed by atoms with van der Waals surface area (Å²) in [7, 11) is 0. The summed E-state index contributed by atoms with van der Waals surface area (Å²) in [6.07, 6.45) is 2.03. The van der Waals surface area contributed by atoms with Crippen molar-refractivity contribution in [1.29, 1.82) is 0 Å². The highest BCUT2D eigenvalue weighted by Crippen LogP contribution is 2.30. The van der Waals surface area contributed by atoms with Gasteiger partial charge in [0, 0.05) is 6.04 Å².